The van der Waals surface area contributed by atoms with Crippen molar-refractivity contribution >= 4 is 52.6 Å². The van der Waals surface area contributed by atoms with Gasteiger partial charge in [-0.3, -0.25) is 29.9 Å². The van der Waals surface area contributed by atoms with Crippen LogP contribution in [0.15, 0.2) is 54.1 Å². The van der Waals surface area contributed by atoms with E-state index in [1.807, 2.05) is 0 Å². The first-order valence-electron chi connectivity index (χ1n) is 10.8. The Labute approximate surface area is 215 Å². The zero-order chi connectivity index (χ0) is 27.0. The molecular weight excluding hydrogens is 500 g/mol. The number of aromatic nitrogens is 1. The maximum absolute atomic E-state index is 13.4. The summed E-state index contributed by atoms with van der Waals surface area (Å²) in [6, 6.07) is 11.6. The average molecular weight is 521 g/mol. The number of benzene rings is 2. The van der Waals surface area contributed by atoms with E-state index in [-0.39, 0.29) is 27.6 Å². The summed E-state index contributed by atoms with van der Waals surface area (Å²) in [6.45, 7) is 3.51. The van der Waals surface area contributed by atoms with Gasteiger partial charge in [0.1, 0.15) is 11.3 Å². The van der Waals surface area contributed by atoms with E-state index in [4.69, 9.17) is 17.0 Å². The molecule has 2 heterocycles. The number of nitrogens with one attached hydrogen (secondary N) is 1. The monoisotopic (exact) mass is 520 g/mol. The molecule has 188 valence electrons. The zero-order valence-corrected chi connectivity index (χ0v) is 20.7. The summed E-state index contributed by atoms with van der Waals surface area (Å²) in [4.78, 5) is 49.4. The minimum Gasteiger partial charge on any atom is -0.495 e. The number of carboxylic acids is 1. The van der Waals surface area contributed by atoms with Crippen molar-refractivity contribution in [1.29, 1.82) is 0 Å². The average Bonchev–Trinajstić information content (AvgIpc) is 3.13. The van der Waals surface area contributed by atoms with Crippen molar-refractivity contribution in [2.24, 2.45) is 0 Å². The van der Waals surface area contributed by atoms with Gasteiger partial charge in [0.2, 0.25) is 0 Å². The van der Waals surface area contributed by atoms with Crippen molar-refractivity contribution in [3.63, 3.8) is 0 Å². The standard InChI is InChI=1S/C25H20N4O7S/c1-13-9-16(14(2)27(13)20-12-18(29(34)35)7-8-21(20)36-3)11-19-22(30)26-25(37)28(23(19)31)17-6-4-5-15(10-17)24(32)33/h4-12H,1-3H3,(H,32,33)(H,26,30,37). The summed E-state index contributed by atoms with van der Waals surface area (Å²) in [5.74, 6) is -2.22. The van der Waals surface area contributed by atoms with Gasteiger partial charge in [-0.2, -0.15) is 0 Å². The van der Waals surface area contributed by atoms with Crippen LogP contribution < -0.4 is 15.0 Å². The van der Waals surface area contributed by atoms with Crippen LogP contribution in [0.25, 0.3) is 11.8 Å². The van der Waals surface area contributed by atoms with Gasteiger partial charge in [0.25, 0.3) is 17.5 Å². The second-order valence-corrected chi connectivity index (χ2v) is 8.48. The van der Waals surface area contributed by atoms with Crippen molar-refractivity contribution in [2.45, 2.75) is 13.8 Å². The van der Waals surface area contributed by atoms with E-state index in [1.54, 1.807) is 24.5 Å². The molecule has 1 fully saturated rings. The lowest BCUT2D eigenvalue weighted by Gasteiger charge is -2.29. The topological polar surface area (TPSA) is 144 Å². The van der Waals surface area contributed by atoms with E-state index < -0.39 is 22.7 Å². The van der Waals surface area contributed by atoms with Crippen LogP contribution in [0.4, 0.5) is 11.4 Å². The van der Waals surface area contributed by atoms with E-state index in [2.05, 4.69) is 5.32 Å². The molecule has 1 aliphatic rings. The van der Waals surface area contributed by atoms with Gasteiger partial charge >= 0.3 is 5.97 Å². The number of hydrogen-bond donors (Lipinski definition) is 2. The van der Waals surface area contributed by atoms with Crippen molar-refractivity contribution in [2.75, 3.05) is 12.0 Å². The van der Waals surface area contributed by atoms with Crippen molar-refractivity contribution in [3.05, 3.63) is 86.7 Å². The number of carboxylic acid groups (broad SMARTS) is 1. The highest BCUT2D eigenvalue weighted by Gasteiger charge is 2.35. The number of carbonyl (C=O) groups excluding carboxylic acids is 2. The fraction of sp³-hybridized carbons (Fsp3) is 0.120. The zero-order valence-electron chi connectivity index (χ0n) is 19.8. The van der Waals surface area contributed by atoms with E-state index in [0.717, 1.165) is 4.90 Å². The Bertz CT molecular complexity index is 1540. The molecule has 1 aromatic heterocycles. The van der Waals surface area contributed by atoms with Gasteiger partial charge in [-0.1, -0.05) is 6.07 Å². The number of aromatic carboxylic acids is 1. The van der Waals surface area contributed by atoms with E-state index in [0.29, 0.717) is 28.4 Å². The Hall–Kier alpha value is -4.84. The van der Waals surface area contributed by atoms with E-state index in [1.165, 1.54) is 55.7 Å². The molecule has 0 bridgehead atoms. The Morgan fingerprint density at radius 3 is 2.54 bits per heavy atom. The number of ether oxygens (including phenoxy) is 1. The third-order valence-corrected chi connectivity index (χ3v) is 6.12. The van der Waals surface area contributed by atoms with Gasteiger partial charge < -0.3 is 14.4 Å². The predicted molar refractivity (Wildman–Crippen MR) is 138 cm³/mol. The fourth-order valence-electron chi connectivity index (χ4n) is 4.10. The number of aryl methyl sites for hydroxylation is 1. The van der Waals surface area contributed by atoms with Crippen LogP contribution in [-0.2, 0) is 9.59 Å². The number of nitro benzene ring substituents is 1. The third-order valence-electron chi connectivity index (χ3n) is 5.84. The smallest absolute Gasteiger partial charge is 0.335 e. The molecular formula is C25H20N4O7S. The second kappa shape index (κ2) is 9.66. The molecule has 12 heteroatoms. The van der Waals surface area contributed by atoms with Gasteiger partial charge in [0.15, 0.2) is 5.11 Å². The summed E-state index contributed by atoms with van der Waals surface area (Å²) in [6.07, 6.45) is 1.40. The number of anilines is 1. The molecule has 0 saturated carbocycles. The highest BCUT2D eigenvalue weighted by Crippen LogP contribution is 2.32. The van der Waals surface area contributed by atoms with Crippen molar-refractivity contribution in [3.8, 4) is 11.4 Å². The maximum atomic E-state index is 13.4. The third kappa shape index (κ3) is 4.57. The number of rotatable bonds is 6. The summed E-state index contributed by atoms with van der Waals surface area (Å²) in [5.41, 5.74) is 1.99. The van der Waals surface area contributed by atoms with Crippen LogP contribution in [0.2, 0.25) is 0 Å². The molecule has 0 unspecified atom stereocenters. The lowest BCUT2D eigenvalue weighted by atomic mass is 10.1. The number of nitro groups is 1. The largest absolute Gasteiger partial charge is 0.495 e. The van der Waals surface area contributed by atoms with Crippen LogP contribution in [0.1, 0.15) is 27.3 Å². The highest BCUT2D eigenvalue weighted by atomic mass is 32.1. The Kier molecular flexibility index (Phi) is 6.60. The molecule has 1 saturated heterocycles. The molecule has 37 heavy (non-hydrogen) atoms. The molecule has 11 nitrogen and oxygen atoms in total. The lowest BCUT2D eigenvalue weighted by Crippen LogP contribution is -2.54. The minimum absolute atomic E-state index is 0.0509. The second-order valence-electron chi connectivity index (χ2n) is 8.09. The first-order chi connectivity index (χ1) is 17.5. The molecule has 0 aliphatic carbocycles. The number of nitrogens with zero attached hydrogens (tertiary/aromatic N) is 3. The summed E-state index contributed by atoms with van der Waals surface area (Å²) < 4.78 is 7.12. The van der Waals surface area contributed by atoms with Crippen molar-refractivity contribution in [1.82, 2.24) is 9.88 Å². The quantitative estimate of drug-likeness (QED) is 0.165. The SMILES string of the molecule is COc1ccc([N+](=O)[O-])cc1-n1c(C)cc(C=C2C(=O)NC(=S)N(c3cccc(C(=O)O)c3)C2=O)c1C. The number of carbonyl (C=O) groups is 3. The van der Waals surface area contributed by atoms with Crippen LogP contribution in [0.5, 0.6) is 5.75 Å². The van der Waals surface area contributed by atoms with Gasteiger partial charge in [0, 0.05) is 23.5 Å². The van der Waals surface area contributed by atoms with Gasteiger partial charge in [0.05, 0.1) is 29.0 Å². The Balaban J connectivity index is 1.80. The van der Waals surface area contributed by atoms with Gasteiger partial charge in [-0.15, -0.1) is 0 Å². The first-order valence-corrected chi connectivity index (χ1v) is 11.2. The first kappa shape index (κ1) is 25.3. The van der Waals surface area contributed by atoms with Crippen molar-refractivity contribution < 1.29 is 29.2 Å². The van der Waals surface area contributed by atoms with Gasteiger partial charge in [-0.25, -0.2) is 4.79 Å². The van der Waals surface area contributed by atoms with Crippen LogP contribution in [0, 0.1) is 24.0 Å². The van der Waals surface area contributed by atoms with Gasteiger partial charge in [-0.05, 0) is 68.0 Å². The normalized spacial score (nSPS) is 14.6. The molecule has 2 amide bonds. The molecule has 2 aromatic carbocycles. The van der Waals surface area contributed by atoms with Crippen LogP contribution in [0.3, 0.4) is 0 Å². The summed E-state index contributed by atoms with van der Waals surface area (Å²) >= 11 is 5.19. The molecule has 0 atom stereocenters. The van der Waals surface area contributed by atoms with Crippen LogP contribution >= 0.6 is 12.2 Å². The number of methoxy groups -OCH3 is 1. The number of amides is 2. The fourth-order valence-corrected chi connectivity index (χ4v) is 4.38. The minimum atomic E-state index is -1.18. The van der Waals surface area contributed by atoms with E-state index >= 15 is 0 Å². The molecule has 0 radical (unpaired) electrons. The number of thiocarbonyl (C=S) groups is 1. The summed E-state index contributed by atoms with van der Waals surface area (Å²) in [5, 5.41) is 22.9. The van der Waals surface area contributed by atoms with E-state index in [9.17, 15) is 29.6 Å². The molecule has 3 aromatic rings. The lowest BCUT2D eigenvalue weighted by molar-refractivity contribution is -0.384. The predicted octanol–water partition coefficient (Wildman–Crippen LogP) is 3.54. The number of non-ortho nitro benzene ring substituents is 1. The maximum Gasteiger partial charge on any atom is 0.335 e. The molecule has 1 aliphatic heterocycles. The Morgan fingerprint density at radius 2 is 1.89 bits per heavy atom. The Morgan fingerprint density at radius 1 is 1.16 bits per heavy atom. The highest BCUT2D eigenvalue weighted by molar-refractivity contribution is 7.80. The van der Waals surface area contributed by atoms with Crippen LogP contribution in [-0.4, -0.2) is 44.6 Å². The molecule has 2 N–H and O–H groups in total. The summed E-state index contributed by atoms with van der Waals surface area (Å²) in [7, 11) is 1.45. The molecule has 4 rings (SSSR count). The molecule has 0 spiro atoms. The number of hydrogen-bond acceptors (Lipinski definition) is 7.